The molecule has 1 spiro atoms. The molecule has 2 aromatic rings. The summed E-state index contributed by atoms with van der Waals surface area (Å²) in [4.78, 5) is 14.3. The van der Waals surface area contributed by atoms with Crippen molar-refractivity contribution in [1.82, 2.24) is 14.9 Å². The van der Waals surface area contributed by atoms with E-state index in [9.17, 15) is 14.9 Å². The van der Waals surface area contributed by atoms with Crippen LogP contribution < -0.4 is 15.4 Å². The van der Waals surface area contributed by atoms with Gasteiger partial charge in [0, 0.05) is 49.4 Å². The minimum Gasteiger partial charge on any atom is -0.461 e. The largest absolute Gasteiger partial charge is 0.461 e. The lowest BCUT2D eigenvalue weighted by atomic mass is 9.72. The maximum atomic E-state index is 14.5. The number of hydrogen-bond acceptors (Lipinski definition) is 10. The third kappa shape index (κ3) is 4.88. The molecule has 1 aliphatic carbocycles. The van der Waals surface area contributed by atoms with E-state index in [-0.39, 0.29) is 24.2 Å². The van der Waals surface area contributed by atoms with Crippen molar-refractivity contribution in [2.75, 3.05) is 50.1 Å². The third-order valence-electron chi connectivity index (χ3n) is 10.2. The van der Waals surface area contributed by atoms with Crippen LogP contribution in [-0.2, 0) is 34.5 Å². The second-order valence-corrected chi connectivity index (χ2v) is 12.7. The zero-order chi connectivity index (χ0) is 29.6. The third-order valence-corrected chi connectivity index (χ3v) is 10.2. The van der Waals surface area contributed by atoms with E-state index in [0.29, 0.717) is 69.2 Å². The minimum atomic E-state index is -0.849. The normalized spacial score (nSPS) is 30.2. The first-order valence-corrected chi connectivity index (χ1v) is 15.5. The predicted molar refractivity (Wildman–Crippen MR) is 156 cm³/mol. The molecule has 4 aliphatic heterocycles. The fourth-order valence-electron chi connectivity index (χ4n) is 8.17. The molecule has 3 fully saturated rings. The lowest BCUT2D eigenvalue weighted by Crippen LogP contribution is -2.44. The van der Waals surface area contributed by atoms with Gasteiger partial charge in [0.05, 0.1) is 48.5 Å². The fraction of sp³-hybridized carbons (Fsp3) is 0.625. The Labute approximate surface area is 251 Å². The summed E-state index contributed by atoms with van der Waals surface area (Å²) < 4.78 is 33.5. The highest BCUT2D eigenvalue weighted by Gasteiger charge is 2.50. The van der Waals surface area contributed by atoms with E-state index in [1.807, 2.05) is 12.1 Å². The Kier molecular flexibility index (Phi) is 7.37. The number of aryl methyl sites for hydroxylation is 1. The molecule has 4 atom stereocenters. The number of alkyl halides is 1. The monoisotopic (exact) mass is 587 g/mol. The Morgan fingerprint density at radius 1 is 1.16 bits per heavy atom. The summed E-state index contributed by atoms with van der Waals surface area (Å²) in [5.74, 6) is 0.709. The van der Waals surface area contributed by atoms with Crippen molar-refractivity contribution in [2.24, 2.45) is 0 Å². The summed E-state index contributed by atoms with van der Waals surface area (Å²) in [6.07, 6.45) is 5.63. The maximum Gasteiger partial charge on any atom is 0.318 e. The van der Waals surface area contributed by atoms with Crippen molar-refractivity contribution in [3.8, 4) is 18.1 Å². The molecule has 3 saturated heterocycles. The van der Waals surface area contributed by atoms with Crippen LogP contribution in [-0.4, -0.2) is 72.1 Å². The summed E-state index contributed by atoms with van der Waals surface area (Å²) in [5.41, 5.74) is 9.83. The molecule has 226 valence electrons. The van der Waals surface area contributed by atoms with Crippen LogP contribution in [0, 0.1) is 22.7 Å². The van der Waals surface area contributed by atoms with E-state index < -0.39 is 11.8 Å². The number of fused-ring (bicyclic) bond motifs is 4. The average Bonchev–Trinajstić information content (AvgIpc) is 3.42. The average molecular weight is 588 g/mol. The van der Waals surface area contributed by atoms with Gasteiger partial charge in [-0.3, -0.25) is 4.90 Å². The van der Waals surface area contributed by atoms with Crippen molar-refractivity contribution in [3.05, 3.63) is 40.1 Å². The van der Waals surface area contributed by atoms with Crippen molar-refractivity contribution in [3.63, 3.8) is 0 Å². The topological polar surface area (TPSA) is 134 Å². The van der Waals surface area contributed by atoms with Gasteiger partial charge < -0.3 is 24.8 Å². The fourth-order valence-corrected chi connectivity index (χ4v) is 8.17. The lowest BCUT2D eigenvalue weighted by Gasteiger charge is -2.43. The molecular formula is C32H38FN7O3. The van der Waals surface area contributed by atoms with E-state index in [1.165, 1.54) is 0 Å². The number of nitrogens with zero attached hydrogens (tertiary/aromatic N) is 6. The summed E-state index contributed by atoms with van der Waals surface area (Å²) in [6, 6.07) is 8.59. The van der Waals surface area contributed by atoms with Gasteiger partial charge in [-0.2, -0.15) is 20.5 Å². The number of anilines is 2. The van der Waals surface area contributed by atoms with Gasteiger partial charge in [0.15, 0.2) is 0 Å². The molecule has 5 heterocycles. The first-order valence-electron chi connectivity index (χ1n) is 15.5. The smallest absolute Gasteiger partial charge is 0.318 e. The molecule has 11 heteroatoms. The van der Waals surface area contributed by atoms with E-state index in [4.69, 9.17) is 29.9 Å². The van der Waals surface area contributed by atoms with Crippen molar-refractivity contribution in [2.45, 2.75) is 87.7 Å². The number of hydrogen-bond donors (Lipinski definition) is 1. The minimum absolute atomic E-state index is 0.165. The van der Waals surface area contributed by atoms with Crippen LogP contribution in [0.5, 0.6) is 6.01 Å². The van der Waals surface area contributed by atoms with Gasteiger partial charge in [0.1, 0.15) is 30.3 Å². The number of aromatic nitrogens is 2. The van der Waals surface area contributed by atoms with Crippen LogP contribution in [0.25, 0.3) is 0 Å². The Morgan fingerprint density at radius 3 is 2.93 bits per heavy atom. The molecule has 1 aromatic carbocycles. The van der Waals surface area contributed by atoms with Crippen LogP contribution in [0.15, 0.2) is 12.1 Å². The summed E-state index contributed by atoms with van der Waals surface area (Å²) in [7, 11) is 0. The summed E-state index contributed by atoms with van der Waals surface area (Å²) in [6.45, 7) is 3.66. The standard InChI is InChI=1S/C32H38FN7O3/c33-22-14-31(8-2-11-39(31)17-22)20-42-30-37-27-15-32(9-1-4-21-5-6-26(36)24(16-35)28(21)32)43-19-25(27)29(38-30)40-12-3-13-41-18-23(40)7-10-34/h5-6,22-23H,1-4,7-9,11-15,17-20,36H2. The Morgan fingerprint density at radius 2 is 2.07 bits per heavy atom. The van der Waals surface area contributed by atoms with Gasteiger partial charge in [-0.05, 0) is 56.7 Å². The maximum absolute atomic E-state index is 14.5. The van der Waals surface area contributed by atoms with Crippen molar-refractivity contribution < 1.29 is 18.6 Å². The zero-order valence-corrected chi connectivity index (χ0v) is 24.5. The molecule has 5 aliphatic rings. The number of ether oxygens (including phenoxy) is 3. The van der Waals surface area contributed by atoms with Crippen molar-refractivity contribution >= 4 is 11.5 Å². The predicted octanol–water partition coefficient (Wildman–Crippen LogP) is 3.70. The van der Waals surface area contributed by atoms with Gasteiger partial charge in [-0.25, -0.2) is 4.39 Å². The highest BCUT2D eigenvalue weighted by Crippen LogP contribution is 2.48. The molecule has 2 N–H and O–H groups in total. The first-order chi connectivity index (χ1) is 20.9. The second-order valence-electron chi connectivity index (χ2n) is 12.7. The quantitative estimate of drug-likeness (QED) is 0.516. The highest BCUT2D eigenvalue weighted by molar-refractivity contribution is 5.63. The highest BCUT2D eigenvalue weighted by atomic mass is 19.1. The van der Waals surface area contributed by atoms with Gasteiger partial charge in [-0.1, -0.05) is 6.07 Å². The molecule has 0 radical (unpaired) electrons. The molecule has 4 unspecified atom stereocenters. The van der Waals surface area contributed by atoms with Crippen LogP contribution in [0.4, 0.5) is 15.9 Å². The molecule has 0 saturated carbocycles. The molecule has 43 heavy (non-hydrogen) atoms. The number of halogens is 1. The van der Waals surface area contributed by atoms with Gasteiger partial charge in [0.2, 0.25) is 0 Å². The molecular weight excluding hydrogens is 549 g/mol. The number of benzene rings is 1. The molecule has 7 rings (SSSR count). The number of nitrogen functional groups attached to an aromatic ring is 1. The summed E-state index contributed by atoms with van der Waals surface area (Å²) in [5, 5.41) is 19.7. The van der Waals surface area contributed by atoms with Gasteiger partial charge in [-0.15, -0.1) is 0 Å². The second kappa shape index (κ2) is 11.2. The Balaban J connectivity index is 1.30. The first kappa shape index (κ1) is 28.3. The Bertz CT molecular complexity index is 1490. The number of nitrogens with two attached hydrogens (primary N) is 1. The van der Waals surface area contributed by atoms with Gasteiger partial charge >= 0.3 is 6.01 Å². The molecule has 10 nitrogen and oxygen atoms in total. The SMILES string of the molecule is N#CCC1COCCCN1c1nc(OCC23CCCN2CC(F)C3)nc2c1COC1(CCCc3ccc(N)c(C#N)c31)C2. The van der Waals surface area contributed by atoms with Crippen molar-refractivity contribution in [1.29, 1.82) is 10.5 Å². The van der Waals surface area contributed by atoms with E-state index in [1.54, 1.807) is 0 Å². The van der Waals surface area contributed by atoms with Crippen LogP contribution in [0.1, 0.15) is 72.9 Å². The molecule has 0 amide bonds. The van der Waals surface area contributed by atoms with E-state index in [2.05, 4.69) is 21.9 Å². The summed E-state index contributed by atoms with van der Waals surface area (Å²) >= 11 is 0. The van der Waals surface area contributed by atoms with E-state index >= 15 is 0 Å². The number of nitriles is 2. The van der Waals surface area contributed by atoms with E-state index in [0.717, 1.165) is 67.5 Å². The lowest BCUT2D eigenvalue weighted by molar-refractivity contribution is -0.0857. The van der Waals surface area contributed by atoms with Crippen LogP contribution >= 0.6 is 0 Å². The molecule has 0 bridgehead atoms. The van der Waals surface area contributed by atoms with Crippen LogP contribution in [0.2, 0.25) is 0 Å². The number of rotatable bonds is 5. The molecule has 1 aromatic heterocycles. The Hall–Kier alpha value is -3.51. The van der Waals surface area contributed by atoms with Crippen LogP contribution in [0.3, 0.4) is 0 Å². The zero-order valence-electron chi connectivity index (χ0n) is 24.5. The van der Waals surface area contributed by atoms with Gasteiger partial charge in [0.25, 0.3) is 0 Å².